The van der Waals surface area contributed by atoms with E-state index in [1.165, 1.54) is 12.1 Å². The molecule has 1 aliphatic rings. The third kappa shape index (κ3) is 3.93. The molecule has 29 heavy (non-hydrogen) atoms. The quantitative estimate of drug-likeness (QED) is 0.668. The van der Waals surface area contributed by atoms with Gasteiger partial charge in [-0.25, -0.2) is 17.6 Å². The Morgan fingerprint density at radius 3 is 2.34 bits per heavy atom. The summed E-state index contributed by atoms with van der Waals surface area (Å²) in [5.41, 5.74) is -1.62. The van der Waals surface area contributed by atoms with Crippen molar-refractivity contribution in [3.8, 4) is 0 Å². The number of hydrogen-bond donors (Lipinski definition) is 1. The van der Waals surface area contributed by atoms with Crippen LogP contribution in [0.5, 0.6) is 0 Å². The molecule has 3 rings (SSSR count). The van der Waals surface area contributed by atoms with Gasteiger partial charge in [0.15, 0.2) is 0 Å². The predicted molar refractivity (Wildman–Crippen MR) is 100 cm³/mol. The maximum atomic E-state index is 13.3. The molecule has 1 N–H and O–H groups in total. The highest BCUT2D eigenvalue weighted by molar-refractivity contribution is 9.10. The topological polar surface area (TPSA) is 70.7 Å². The average molecular weight is 477 g/mol. The van der Waals surface area contributed by atoms with Crippen LogP contribution in [-0.4, -0.2) is 50.1 Å². The number of aryl methyl sites for hydroxylation is 1. The molecule has 2 heterocycles. The summed E-state index contributed by atoms with van der Waals surface area (Å²) < 4.78 is 55.0. The molecule has 1 unspecified atom stereocenters. The second-order valence-corrected chi connectivity index (χ2v) is 7.50. The molecule has 6 nitrogen and oxygen atoms in total. The summed E-state index contributed by atoms with van der Waals surface area (Å²) in [4.78, 5) is 12.6. The lowest BCUT2D eigenvalue weighted by Crippen LogP contribution is -2.51. The fourth-order valence-electron chi connectivity index (χ4n) is 2.98. The molecule has 1 aliphatic heterocycles. The molecular weight excluding hydrogens is 460 g/mol. The van der Waals surface area contributed by atoms with Crippen molar-refractivity contribution in [2.75, 3.05) is 0 Å². The fourth-order valence-corrected chi connectivity index (χ4v) is 3.26. The van der Waals surface area contributed by atoms with Crippen molar-refractivity contribution >= 4 is 27.5 Å². The van der Waals surface area contributed by atoms with Gasteiger partial charge < -0.3 is 5.11 Å². The van der Waals surface area contributed by atoms with Crippen molar-refractivity contribution < 1.29 is 27.5 Å². The summed E-state index contributed by atoms with van der Waals surface area (Å²) in [5.74, 6) is -1.09. The Kier molecular flexibility index (Phi) is 5.81. The second-order valence-electron chi connectivity index (χ2n) is 6.70. The first-order valence-electron chi connectivity index (χ1n) is 8.53. The Labute approximate surface area is 171 Å². The molecule has 0 aliphatic carbocycles. The Bertz CT molecular complexity index is 962. The molecule has 1 amide bonds. The SMILES string of the molecule is Cc1nn(Cc2ccc(C(=O)N3N=C(C(F)F)CC3(O)C(F)F)cc2)c(C)c1Br. The first-order valence-corrected chi connectivity index (χ1v) is 9.33. The van der Waals surface area contributed by atoms with Gasteiger partial charge in [-0.3, -0.25) is 9.48 Å². The van der Waals surface area contributed by atoms with Crippen molar-refractivity contribution in [2.24, 2.45) is 5.10 Å². The Morgan fingerprint density at radius 1 is 1.24 bits per heavy atom. The average Bonchev–Trinajstić information content (AvgIpc) is 3.15. The molecule has 1 atom stereocenters. The van der Waals surface area contributed by atoms with Gasteiger partial charge in [0.25, 0.3) is 18.8 Å². The third-order valence-corrected chi connectivity index (χ3v) is 5.80. The molecule has 11 heteroatoms. The number of nitrogens with zero attached hydrogens (tertiary/aromatic N) is 4. The van der Waals surface area contributed by atoms with Crippen molar-refractivity contribution in [3.63, 3.8) is 0 Å². The number of amides is 1. The third-order valence-electron chi connectivity index (χ3n) is 4.66. The largest absolute Gasteiger partial charge is 0.364 e. The molecule has 1 aromatic heterocycles. The first kappa shape index (κ1) is 21.4. The van der Waals surface area contributed by atoms with E-state index in [0.717, 1.165) is 21.4 Å². The van der Waals surface area contributed by atoms with Crippen LogP contribution in [0.15, 0.2) is 33.8 Å². The summed E-state index contributed by atoms with van der Waals surface area (Å²) >= 11 is 3.43. The van der Waals surface area contributed by atoms with Gasteiger partial charge in [-0.1, -0.05) is 12.1 Å². The van der Waals surface area contributed by atoms with Crippen LogP contribution in [0, 0.1) is 13.8 Å². The molecule has 0 fully saturated rings. The van der Waals surface area contributed by atoms with Gasteiger partial charge in [-0.15, -0.1) is 0 Å². The van der Waals surface area contributed by atoms with Crippen LogP contribution >= 0.6 is 15.9 Å². The zero-order valence-electron chi connectivity index (χ0n) is 15.4. The molecule has 0 saturated heterocycles. The van der Waals surface area contributed by atoms with Crippen LogP contribution in [-0.2, 0) is 6.54 Å². The smallest absolute Gasteiger partial charge is 0.287 e. The van der Waals surface area contributed by atoms with E-state index in [1.54, 1.807) is 16.8 Å². The molecule has 156 valence electrons. The number of hydrogen-bond acceptors (Lipinski definition) is 4. The predicted octanol–water partition coefficient (Wildman–Crippen LogP) is 3.73. The minimum Gasteiger partial charge on any atom is -0.364 e. The monoisotopic (exact) mass is 476 g/mol. The molecule has 0 radical (unpaired) electrons. The Balaban J connectivity index is 1.83. The van der Waals surface area contributed by atoms with Gasteiger partial charge in [-0.2, -0.15) is 15.2 Å². The fraction of sp³-hybridized carbons (Fsp3) is 0.389. The first-order chi connectivity index (χ1) is 13.5. The number of benzene rings is 1. The van der Waals surface area contributed by atoms with Crippen LogP contribution in [0.1, 0.15) is 33.7 Å². The maximum Gasteiger partial charge on any atom is 0.287 e. The lowest BCUT2D eigenvalue weighted by Gasteiger charge is -2.30. The zero-order valence-corrected chi connectivity index (χ0v) is 17.0. The van der Waals surface area contributed by atoms with Gasteiger partial charge >= 0.3 is 0 Å². The van der Waals surface area contributed by atoms with Gasteiger partial charge in [0, 0.05) is 12.0 Å². The molecule has 1 aromatic carbocycles. The van der Waals surface area contributed by atoms with Crippen LogP contribution < -0.4 is 0 Å². The van der Waals surface area contributed by atoms with Crippen LogP contribution in [0.3, 0.4) is 0 Å². The second kappa shape index (κ2) is 7.86. The van der Waals surface area contributed by atoms with E-state index >= 15 is 0 Å². The van der Waals surface area contributed by atoms with Crippen molar-refractivity contribution in [3.05, 3.63) is 51.3 Å². The number of hydrazone groups is 1. The van der Waals surface area contributed by atoms with E-state index in [0.29, 0.717) is 6.54 Å². The maximum absolute atomic E-state index is 13.3. The number of alkyl halides is 4. The van der Waals surface area contributed by atoms with E-state index < -0.39 is 36.6 Å². The zero-order chi connectivity index (χ0) is 21.5. The number of aliphatic hydroxyl groups is 1. The van der Waals surface area contributed by atoms with E-state index in [2.05, 4.69) is 26.1 Å². The number of rotatable bonds is 5. The highest BCUT2D eigenvalue weighted by atomic mass is 79.9. The number of aromatic nitrogens is 2. The van der Waals surface area contributed by atoms with Gasteiger partial charge in [-0.05, 0) is 47.5 Å². The molecule has 2 aromatic rings. The number of carbonyl (C=O) groups excluding carboxylic acids is 1. The van der Waals surface area contributed by atoms with Gasteiger partial charge in [0.1, 0.15) is 5.71 Å². The number of carbonyl (C=O) groups is 1. The lowest BCUT2D eigenvalue weighted by molar-refractivity contribution is -0.164. The minimum atomic E-state index is -3.46. The Morgan fingerprint density at radius 2 is 1.86 bits per heavy atom. The molecule has 0 spiro atoms. The lowest BCUT2D eigenvalue weighted by atomic mass is 10.1. The Hall–Kier alpha value is -2.27. The summed E-state index contributed by atoms with van der Waals surface area (Å²) in [6.07, 6.45) is -7.73. The van der Waals surface area contributed by atoms with Crippen LogP contribution in [0.4, 0.5) is 17.6 Å². The standard InChI is InChI=1S/C18H17BrF4N4O2/c1-9-14(19)10(2)26(24-9)8-11-3-5-12(6-4-11)16(28)27-18(29,17(22)23)7-13(25-27)15(20)21/h3-6,15,17,29H,7-8H2,1-2H3. The van der Waals surface area contributed by atoms with Crippen molar-refractivity contribution in [1.29, 1.82) is 0 Å². The summed E-state index contributed by atoms with van der Waals surface area (Å²) in [5, 5.41) is 17.8. The summed E-state index contributed by atoms with van der Waals surface area (Å²) in [7, 11) is 0. The molecule has 0 bridgehead atoms. The van der Waals surface area contributed by atoms with E-state index in [-0.39, 0.29) is 10.6 Å². The van der Waals surface area contributed by atoms with E-state index in [4.69, 9.17) is 0 Å². The normalized spacial score (nSPS) is 19.4. The molecular formula is C18H17BrF4N4O2. The van der Waals surface area contributed by atoms with Crippen molar-refractivity contribution in [2.45, 2.75) is 45.4 Å². The summed E-state index contributed by atoms with van der Waals surface area (Å²) in [6.45, 7) is 4.15. The van der Waals surface area contributed by atoms with E-state index in [1.807, 2.05) is 13.8 Å². The van der Waals surface area contributed by atoms with Gasteiger partial charge in [0.05, 0.1) is 22.4 Å². The molecule has 0 saturated carbocycles. The summed E-state index contributed by atoms with van der Waals surface area (Å²) in [6, 6.07) is 5.90. The number of halogens is 5. The highest BCUT2D eigenvalue weighted by Crippen LogP contribution is 2.34. The van der Waals surface area contributed by atoms with Gasteiger partial charge in [0.2, 0.25) is 5.72 Å². The van der Waals surface area contributed by atoms with Crippen molar-refractivity contribution in [1.82, 2.24) is 14.8 Å². The van der Waals surface area contributed by atoms with Crippen LogP contribution in [0.25, 0.3) is 0 Å². The highest BCUT2D eigenvalue weighted by Gasteiger charge is 2.53. The minimum absolute atomic E-state index is 0.0479. The van der Waals surface area contributed by atoms with E-state index in [9.17, 15) is 27.5 Å². The van der Waals surface area contributed by atoms with Crippen LogP contribution in [0.2, 0.25) is 0 Å².